The van der Waals surface area contributed by atoms with Crippen molar-refractivity contribution in [1.29, 1.82) is 0 Å². The minimum absolute atomic E-state index is 0.0784. The van der Waals surface area contributed by atoms with Crippen molar-refractivity contribution in [3.05, 3.63) is 64.7 Å². The monoisotopic (exact) mass is 418 g/mol. The Morgan fingerprint density at radius 3 is 2.20 bits per heavy atom. The van der Waals surface area contributed by atoms with E-state index < -0.39 is 28.7 Å². The average molecular weight is 418 g/mol. The van der Waals surface area contributed by atoms with Crippen LogP contribution in [0.15, 0.2) is 36.1 Å². The first kappa shape index (κ1) is 22.1. The number of aliphatic hydroxyl groups is 1. The van der Waals surface area contributed by atoms with Crippen LogP contribution in [0.25, 0.3) is 16.7 Å². The van der Waals surface area contributed by atoms with Gasteiger partial charge in [-0.05, 0) is 62.4 Å². The Hall–Kier alpha value is -2.60. The van der Waals surface area contributed by atoms with Gasteiger partial charge in [-0.2, -0.15) is 0 Å². The highest BCUT2D eigenvalue weighted by atomic mass is 19.2. The lowest BCUT2D eigenvalue weighted by atomic mass is 9.79. The zero-order valence-electron chi connectivity index (χ0n) is 17.7. The Morgan fingerprint density at radius 2 is 1.60 bits per heavy atom. The number of benzene rings is 2. The molecule has 1 N–H and O–H groups in total. The number of carbonyl (C=O) groups excluding carboxylic acids is 1. The largest absolute Gasteiger partial charge is 0.508 e. The molecule has 0 saturated heterocycles. The van der Waals surface area contributed by atoms with E-state index in [0.29, 0.717) is 29.5 Å². The SMILES string of the molecule is CCc1cc(-c2ccc(F)c(F)c2F)ccc1C1=C(O)C(C)(C)OC(C)(CC)C1=O. The average Bonchev–Trinajstić information content (AvgIpc) is 2.71. The minimum Gasteiger partial charge on any atom is -0.508 e. The lowest BCUT2D eigenvalue weighted by molar-refractivity contribution is -0.163. The number of halogens is 3. The van der Waals surface area contributed by atoms with Crippen LogP contribution in [0.1, 0.15) is 52.2 Å². The third kappa shape index (κ3) is 3.43. The summed E-state index contributed by atoms with van der Waals surface area (Å²) in [6, 6.07) is 6.82. The van der Waals surface area contributed by atoms with E-state index in [2.05, 4.69) is 0 Å². The molecule has 0 saturated carbocycles. The number of carbonyl (C=O) groups is 1. The van der Waals surface area contributed by atoms with Crippen LogP contribution in [0.4, 0.5) is 13.2 Å². The predicted molar refractivity (Wildman–Crippen MR) is 110 cm³/mol. The normalized spacial score (nSPS) is 21.3. The van der Waals surface area contributed by atoms with Gasteiger partial charge in [0.2, 0.25) is 0 Å². The summed E-state index contributed by atoms with van der Waals surface area (Å²) in [4.78, 5) is 13.2. The lowest BCUT2D eigenvalue weighted by Gasteiger charge is -2.42. The molecule has 0 aromatic heterocycles. The van der Waals surface area contributed by atoms with Crippen molar-refractivity contribution in [3.63, 3.8) is 0 Å². The van der Waals surface area contributed by atoms with Crippen molar-refractivity contribution in [2.45, 2.75) is 58.7 Å². The molecule has 0 radical (unpaired) electrons. The Balaban J connectivity index is 2.21. The molecule has 2 aromatic carbocycles. The summed E-state index contributed by atoms with van der Waals surface area (Å²) in [5, 5.41) is 10.8. The van der Waals surface area contributed by atoms with E-state index in [9.17, 15) is 23.1 Å². The van der Waals surface area contributed by atoms with Gasteiger partial charge in [-0.15, -0.1) is 0 Å². The number of ether oxygens (including phenoxy) is 1. The highest BCUT2D eigenvalue weighted by Gasteiger charge is 2.48. The maximum atomic E-state index is 14.3. The van der Waals surface area contributed by atoms with E-state index >= 15 is 0 Å². The third-order valence-corrected chi connectivity index (χ3v) is 5.77. The molecule has 1 atom stereocenters. The molecule has 0 fully saturated rings. The molecule has 1 aliphatic rings. The van der Waals surface area contributed by atoms with Gasteiger partial charge in [0.1, 0.15) is 17.0 Å². The molecule has 2 aromatic rings. The standard InChI is InChI=1S/C24H25F3O3/c1-6-13-12-14(16-10-11-17(25)20(27)19(16)26)8-9-15(13)18-21(28)23(3,4)30-24(5,7-2)22(18)29/h8-12,28H,6-7H2,1-5H3. The van der Waals surface area contributed by atoms with Crippen LogP contribution >= 0.6 is 0 Å². The summed E-state index contributed by atoms with van der Waals surface area (Å²) in [7, 11) is 0. The zero-order valence-corrected chi connectivity index (χ0v) is 17.7. The molecule has 160 valence electrons. The number of ketones is 1. The van der Waals surface area contributed by atoms with E-state index in [1.165, 1.54) is 12.1 Å². The zero-order chi connectivity index (χ0) is 22.4. The van der Waals surface area contributed by atoms with Gasteiger partial charge < -0.3 is 9.84 Å². The fraction of sp³-hybridized carbons (Fsp3) is 0.375. The van der Waals surface area contributed by atoms with Crippen LogP contribution in [0.5, 0.6) is 0 Å². The Bertz CT molecular complexity index is 1060. The molecular formula is C24H25F3O3. The van der Waals surface area contributed by atoms with Crippen LogP contribution in [-0.4, -0.2) is 22.1 Å². The van der Waals surface area contributed by atoms with Crippen LogP contribution in [0.2, 0.25) is 0 Å². The molecule has 3 rings (SSSR count). The highest BCUT2D eigenvalue weighted by Crippen LogP contribution is 2.43. The van der Waals surface area contributed by atoms with Gasteiger partial charge in [0, 0.05) is 5.56 Å². The smallest absolute Gasteiger partial charge is 0.198 e. The van der Waals surface area contributed by atoms with Gasteiger partial charge >= 0.3 is 0 Å². The second-order valence-corrected chi connectivity index (χ2v) is 8.20. The molecule has 6 heteroatoms. The van der Waals surface area contributed by atoms with Gasteiger partial charge in [0.05, 0.1) is 5.57 Å². The Kier molecular flexibility index (Phi) is 5.58. The molecule has 0 bridgehead atoms. The van der Waals surface area contributed by atoms with Crippen LogP contribution in [0, 0.1) is 17.5 Å². The van der Waals surface area contributed by atoms with E-state index in [0.717, 1.165) is 6.07 Å². The summed E-state index contributed by atoms with van der Waals surface area (Å²) in [6.07, 6.45) is 0.897. The minimum atomic E-state index is -1.53. The van der Waals surface area contributed by atoms with Crippen LogP contribution < -0.4 is 0 Å². The summed E-state index contributed by atoms with van der Waals surface area (Å²) >= 11 is 0. The van der Waals surface area contributed by atoms with Gasteiger partial charge in [-0.25, -0.2) is 13.2 Å². The first-order valence-corrected chi connectivity index (χ1v) is 9.92. The molecule has 0 aliphatic carbocycles. The van der Waals surface area contributed by atoms with Gasteiger partial charge in [0.15, 0.2) is 23.2 Å². The maximum absolute atomic E-state index is 14.3. The predicted octanol–water partition coefficient (Wildman–Crippen LogP) is 6.15. The maximum Gasteiger partial charge on any atom is 0.198 e. The molecule has 1 aliphatic heterocycles. The van der Waals surface area contributed by atoms with Crippen LogP contribution in [-0.2, 0) is 16.0 Å². The van der Waals surface area contributed by atoms with E-state index in [-0.39, 0.29) is 22.7 Å². The Morgan fingerprint density at radius 1 is 0.967 bits per heavy atom. The van der Waals surface area contributed by atoms with E-state index in [4.69, 9.17) is 4.74 Å². The van der Waals surface area contributed by atoms with Crippen molar-refractivity contribution >= 4 is 11.4 Å². The molecule has 1 heterocycles. The van der Waals surface area contributed by atoms with Gasteiger partial charge in [-0.3, -0.25) is 4.79 Å². The number of rotatable bonds is 4. The Labute approximate surface area is 174 Å². The summed E-state index contributed by atoms with van der Waals surface area (Å²) in [6.45, 7) is 8.78. The first-order valence-electron chi connectivity index (χ1n) is 9.92. The van der Waals surface area contributed by atoms with Crippen molar-refractivity contribution < 1.29 is 27.8 Å². The number of aryl methyl sites for hydroxylation is 1. The lowest BCUT2D eigenvalue weighted by Crippen LogP contribution is -2.51. The fourth-order valence-corrected chi connectivity index (χ4v) is 3.86. The molecule has 30 heavy (non-hydrogen) atoms. The third-order valence-electron chi connectivity index (χ3n) is 5.77. The van der Waals surface area contributed by atoms with Gasteiger partial charge in [0.25, 0.3) is 0 Å². The number of aliphatic hydroxyl groups excluding tert-OH is 1. The summed E-state index contributed by atoms with van der Waals surface area (Å²) in [5.41, 5.74) is -0.533. The first-order chi connectivity index (χ1) is 14.0. The summed E-state index contributed by atoms with van der Waals surface area (Å²) in [5.74, 6) is -4.56. The van der Waals surface area contributed by atoms with Crippen molar-refractivity contribution in [2.75, 3.05) is 0 Å². The topological polar surface area (TPSA) is 46.5 Å². The number of hydrogen-bond donors (Lipinski definition) is 1. The van der Waals surface area contributed by atoms with E-state index in [1.54, 1.807) is 32.9 Å². The quantitative estimate of drug-likeness (QED) is 0.606. The molecule has 0 amide bonds. The number of Topliss-reactive ketones (excluding diaryl/α,β-unsaturated/α-hetero) is 1. The van der Waals surface area contributed by atoms with Crippen molar-refractivity contribution in [1.82, 2.24) is 0 Å². The molecule has 3 nitrogen and oxygen atoms in total. The second kappa shape index (κ2) is 7.58. The van der Waals surface area contributed by atoms with E-state index in [1.807, 2.05) is 13.8 Å². The van der Waals surface area contributed by atoms with Crippen LogP contribution in [0.3, 0.4) is 0 Å². The molecule has 0 spiro atoms. The highest BCUT2D eigenvalue weighted by molar-refractivity contribution is 6.26. The second-order valence-electron chi connectivity index (χ2n) is 8.20. The van der Waals surface area contributed by atoms with Crippen molar-refractivity contribution in [2.24, 2.45) is 0 Å². The number of hydrogen-bond acceptors (Lipinski definition) is 3. The van der Waals surface area contributed by atoms with Gasteiger partial charge in [-0.1, -0.05) is 32.0 Å². The summed E-state index contributed by atoms with van der Waals surface area (Å²) < 4.78 is 47.2. The fourth-order valence-electron chi connectivity index (χ4n) is 3.86. The molecule has 1 unspecified atom stereocenters. The van der Waals surface area contributed by atoms with Crippen molar-refractivity contribution in [3.8, 4) is 11.1 Å². The molecular weight excluding hydrogens is 393 g/mol.